The standard InChI is InChI=1S/C22H15Cl2N3O3S2/c23-16-10-11-18(19(24)12-16)20-14-31-22(26-20)27-25-13-15-6-4-5-9-21(15)30-32(28,29)17-7-2-1-3-8-17/h1-14H,(H,26,27). The highest BCUT2D eigenvalue weighted by Crippen LogP contribution is 2.32. The van der Waals surface area contributed by atoms with Gasteiger partial charge >= 0.3 is 10.1 Å². The van der Waals surface area contributed by atoms with Gasteiger partial charge in [0, 0.05) is 21.5 Å². The predicted octanol–water partition coefficient (Wildman–Crippen LogP) is 6.33. The molecule has 4 rings (SSSR count). The van der Waals surface area contributed by atoms with Crippen molar-refractivity contribution in [1.82, 2.24) is 4.98 Å². The van der Waals surface area contributed by atoms with E-state index in [0.717, 1.165) is 5.56 Å². The quantitative estimate of drug-likeness (QED) is 0.181. The van der Waals surface area contributed by atoms with Crippen molar-refractivity contribution >= 4 is 56.0 Å². The second-order valence-electron chi connectivity index (χ2n) is 6.42. The number of hydrogen-bond donors (Lipinski definition) is 1. The minimum atomic E-state index is -3.96. The van der Waals surface area contributed by atoms with Gasteiger partial charge in [0.15, 0.2) is 5.75 Å². The van der Waals surface area contributed by atoms with Crippen LogP contribution >= 0.6 is 34.5 Å². The van der Waals surface area contributed by atoms with Crippen LogP contribution in [0.2, 0.25) is 10.0 Å². The highest BCUT2D eigenvalue weighted by molar-refractivity contribution is 7.87. The lowest BCUT2D eigenvalue weighted by Crippen LogP contribution is -2.10. The first-order chi connectivity index (χ1) is 15.4. The number of rotatable bonds is 7. The number of nitrogens with one attached hydrogen (secondary N) is 1. The highest BCUT2D eigenvalue weighted by atomic mass is 35.5. The third-order valence-electron chi connectivity index (χ3n) is 4.23. The van der Waals surface area contributed by atoms with Gasteiger partial charge in [0.05, 0.1) is 16.9 Å². The van der Waals surface area contributed by atoms with Crippen LogP contribution in [0.15, 0.2) is 88.2 Å². The van der Waals surface area contributed by atoms with E-state index in [-0.39, 0.29) is 10.6 Å². The van der Waals surface area contributed by atoms with E-state index >= 15 is 0 Å². The molecule has 0 bridgehead atoms. The Hall–Kier alpha value is -2.91. The zero-order chi connectivity index (χ0) is 22.6. The summed E-state index contributed by atoms with van der Waals surface area (Å²) in [6.07, 6.45) is 1.46. The molecule has 0 radical (unpaired) electrons. The summed E-state index contributed by atoms with van der Waals surface area (Å²) in [7, 11) is -3.96. The monoisotopic (exact) mass is 503 g/mol. The molecular weight excluding hydrogens is 489 g/mol. The minimum Gasteiger partial charge on any atom is -0.378 e. The Balaban J connectivity index is 1.49. The van der Waals surface area contributed by atoms with E-state index in [0.29, 0.717) is 26.4 Å². The Labute approximate surface area is 199 Å². The minimum absolute atomic E-state index is 0.0704. The van der Waals surface area contributed by atoms with Crippen molar-refractivity contribution in [1.29, 1.82) is 0 Å². The summed E-state index contributed by atoms with van der Waals surface area (Å²) in [5.41, 5.74) is 4.77. The van der Waals surface area contributed by atoms with Gasteiger partial charge in [-0.25, -0.2) is 4.98 Å². The number of benzene rings is 3. The van der Waals surface area contributed by atoms with Crippen LogP contribution < -0.4 is 9.61 Å². The first kappa shape index (κ1) is 22.3. The molecule has 162 valence electrons. The highest BCUT2D eigenvalue weighted by Gasteiger charge is 2.17. The number of thiazole rings is 1. The van der Waals surface area contributed by atoms with E-state index < -0.39 is 10.1 Å². The summed E-state index contributed by atoms with van der Waals surface area (Å²) in [6, 6.07) is 19.8. The van der Waals surface area contributed by atoms with Crippen LogP contribution in [0.25, 0.3) is 11.3 Å². The molecule has 0 saturated carbocycles. The van der Waals surface area contributed by atoms with E-state index in [1.807, 2.05) is 5.38 Å². The van der Waals surface area contributed by atoms with Gasteiger partial charge in [-0.15, -0.1) is 11.3 Å². The normalized spacial score (nSPS) is 11.6. The summed E-state index contributed by atoms with van der Waals surface area (Å²) in [4.78, 5) is 4.53. The summed E-state index contributed by atoms with van der Waals surface area (Å²) in [5, 5.41) is 7.60. The summed E-state index contributed by atoms with van der Waals surface area (Å²) in [6.45, 7) is 0. The van der Waals surface area contributed by atoms with E-state index in [2.05, 4.69) is 15.5 Å². The molecule has 0 saturated heterocycles. The van der Waals surface area contributed by atoms with E-state index in [4.69, 9.17) is 27.4 Å². The SMILES string of the molecule is O=S(=O)(Oc1ccccc1C=NNc1nc(-c2ccc(Cl)cc2Cl)cs1)c1ccccc1. The lowest BCUT2D eigenvalue weighted by atomic mass is 10.2. The van der Waals surface area contributed by atoms with E-state index in [1.54, 1.807) is 60.7 Å². The zero-order valence-corrected chi connectivity index (χ0v) is 19.4. The topological polar surface area (TPSA) is 80.7 Å². The van der Waals surface area contributed by atoms with Gasteiger partial charge in [0.25, 0.3) is 0 Å². The molecule has 1 aromatic heterocycles. The molecule has 0 aliphatic rings. The zero-order valence-electron chi connectivity index (χ0n) is 16.3. The van der Waals surface area contributed by atoms with Gasteiger partial charge in [-0.3, -0.25) is 5.43 Å². The van der Waals surface area contributed by atoms with Crippen LogP contribution in [-0.2, 0) is 10.1 Å². The second-order valence-corrected chi connectivity index (χ2v) is 9.67. The van der Waals surface area contributed by atoms with Crippen molar-refractivity contribution in [3.63, 3.8) is 0 Å². The van der Waals surface area contributed by atoms with Crippen molar-refractivity contribution in [2.45, 2.75) is 4.90 Å². The van der Waals surface area contributed by atoms with Gasteiger partial charge < -0.3 is 4.18 Å². The smallest absolute Gasteiger partial charge is 0.339 e. The molecule has 1 heterocycles. The molecule has 0 atom stereocenters. The number of hydrazone groups is 1. The molecular formula is C22H15Cl2N3O3S2. The number of nitrogens with zero attached hydrogens (tertiary/aromatic N) is 2. The maximum atomic E-state index is 12.5. The molecule has 6 nitrogen and oxygen atoms in total. The maximum absolute atomic E-state index is 12.5. The Kier molecular flexibility index (Phi) is 6.76. The lowest BCUT2D eigenvalue weighted by Gasteiger charge is -2.09. The van der Waals surface area contributed by atoms with Crippen LogP contribution in [0.1, 0.15) is 5.56 Å². The first-order valence-electron chi connectivity index (χ1n) is 9.21. The van der Waals surface area contributed by atoms with Crippen molar-refractivity contribution in [3.8, 4) is 17.0 Å². The van der Waals surface area contributed by atoms with Gasteiger partial charge in [0.2, 0.25) is 5.13 Å². The fourth-order valence-electron chi connectivity index (χ4n) is 2.72. The Morgan fingerprint density at radius 3 is 2.53 bits per heavy atom. The molecule has 0 spiro atoms. The summed E-state index contributed by atoms with van der Waals surface area (Å²) >= 11 is 13.5. The number of anilines is 1. The van der Waals surface area contributed by atoms with Gasteiger partial charge in [-0.05, 0) is 42.5 Å². The van der Waals surface area contributed by atoms with Gasteiger partial charge in [-0.2, -0.15) is 13.5 Å². The Morgan fingerprint density at radius 1 is 1.00 bits per heavy atom. The van der Waals surface area contributed by atoms with Crippen LogP contribution in [0, 0.1) is 0 Å². The lowest BCUT2D eigenvalue weighted by molar-refractivity contribution is 0.485. The van der Waals surface area contributed by atoms with Crippen molar-refractivity contribution in [2.75, 3.05) is 5.43 Å². The second kappa shape index (κ2) is 9.70. The molecule has 0 fully saturated rings. The number of halogens is 2. The van der Waals surface area contributed by atoms with Crippen LogP contribution in [0.4, 0.5) is 5.13 Å². The molecule has 1 N–H and O–H groups in total. The van der Waals surface area contributed by atoms with Crippen molar-refractivity contribution in [3.05, 3.63) is 93.8 Å². The van der Waals surface area contributed by atoms with E-state index in [1.165, 1.54) is 29.7 Å². The summed E-state index contributed by atoms with van der Waals surface area (Å²) < 4.78 is 30.4. The molecule has 4 aromatic rings. The molecule has 32 heavy (non-hydrogen) atoms. The molecule has 0 aliphatic carbocycles. The van der Waals surface area contributed by atoms with Crippen molar-refractivity contribution in [2.24, 2.45) is 5.10 Å². The Morgan fingerprint density at radius 2 is 1.75 bits per heavy atom. The fourth-order valence-corrected chi connectivity index (χ4v) is 4.86. The predicted molar refractivity (Wildman–Crippen MR) is 129 cm³/mol. The first-order valence-corrected chi connectivity index (χ1v) is 12.3. The third-order valence-corrected chi connectivity index (χ3v) is 6.77. The molecule has 3 aromatic carbocycles. The van der Waals surface area contributed by atoms with Crippen molar-refractivity contribution < 1.29 is 12.6 Å². The molecule has 10 heteroatoms. The van der Waals surface area contributed by atoms with Crippen LogP contribution in [0.3, 0.4) is 0 Å². The number of para-hydroxylation sites is 1. The average Bonchev–Trinajstić information content (AvgIpc) is 3.24. The summed E-state index contributed by atoms with van der Waals surface area (Å²) in [5.74, 6) is 0.162. The molecule has 0 unspecified atom stereocenters. The third kappa shape index (κ3) is 5.28. The average molecular weight is 504 g/mol. The number of hydrogen-bond acceptors (Lipinski definition) is 7. The fraction of sp³-hybridized carbons (Fsp3) is 0. The molecule has 0 amide bonds. The largest absolute Gasteiger partial charge is 0.378 e. The molecule has 0 aliphatic heterocycles. The van der Waals surface area contributed by atoms with Gasteiger partial charge in [-0.1, -0.05) is 53.5 Å². The van der Waals surface area contributed by atoms with Crippen LogP contribution in [-0.4, -0.2) is 19.6 Å². The van der Waals surface area contributed by atoms with Gasteiger partial charge in [0.1, 0.15) is 4.90 Å². The van der Waals surface area contributed by atoms with Crippen LogP contribution in [0.5, 0.6) is 5.75 Å². The Bertz CT molecular complexity index is 1370. The number of aromatic nitrogens is 1. The van der Waals surface area contributed by atoms with E-state index in [9.17, 15) is 8.42 Å². The maximum Gasteiger partial charge on any atom is 0.339 e.